The van der Waals surface area contributed by atoms with E-state index in [0.717, 1.165) is 65.7 Å². The molecule has 0 unspecified atom stereocenters. The van der Waals surface area contributed by atoms with Crippen LogP contribution in [0, 0.1) is 6.92 Å². The number of aliphatic hydroxyl groups is 1. The average Bonchev–Trinajstić information content (AvgIpc) is 3.47. The number of nitrogens with one attached hydrogen (secondary N) is 1. The fraction of sp³-hybridized carbons (Fsp3) is 0.314. The number of rotatable bonds is 9. The number of nitrogens with zero attached hydrogens (tertiary/aromatic N) is 3. The molecule has 45 heavy (non-hydrogen) atoms. The molecule has 1 radical (unpaired) electrons. The Hall–Kier alpha value is -3.12. The van der Waals surface area contributed by atoms with Gasteiger partial charge in [0.1, 0.15) is 17.7 Å². The number of aryl methyl sites for hydroxylation is 2. The van der Waals surface area contributed by atoms with Crippen LogP contribution in [0.4, 0.5) is 0 Å². The van der Waals surface area contributed by atoms with E-state index in [1.54, 1.807) is 4.57 Å². The third-order valence-electron chi connectivity index (χ3n) is 8.24. The number of hydrogen-bond acceptors (Lipinski definition) is 7. The predicted octanol–water partition coefficient (Wildman–Crippen LogP) is 5.40. The Balaban J connectivity index is 0.00000400. The summed E-state index contributed by atoms with van der Waals surface area (Å²) in [6, 6.07) is 23.2. The van der Waals surface area contributed by atoms with Gasteiger partial charge in [0, 0.05) is 68.9 Å². The van der Waals surface area contributed by atoms with Crippen molar-refractivity contribution in [2.75, 3.05) is 0 Å². The molecule has 1 fully saturated rings. The quantitative estimate of drug-likeness (QED) is 0.209. The first-order chi connectivity index (χ1) is 21.4. The molecule has 0 saturated heterocycles. The molecule has 0 amide bonds. The zero-order chi connectivity index (χ0) is 30.6. The summed E-state index contributed by atoms with van der Waals surface area (Å²) in [5.74, 6) is 1.08. The van der Waals surface area contributed by atoms with Crippen molar-refractivity contribution in [1.82, 2.24) is 19.7 Å². The molecule has 2 atom stereocenters. The van der Waals surface area contributed by atoms with Gasteiger partial charge >= 0.3 is 5.76 Å². The fourth-order valence-corrected chi connectivity index (χ4v) is 6.00. The third-order valence-corrected chi connectivity index (χ3v) is 8.24. The Labute approximate surface area is 304 Å². The predicted molar refractivity (Wildman–Crippen MR) is 174 cm³/mol. The molecule has 10 heteroatoms. The molecule has 2 N–H and O–H groups in total. The molecular formula is C35H36KN4O5. The van der Waals surface area contributed by atoms with Crippen LogP contribution in [-0.2, 0) is 12.8 Å². The van der Waals surface area contributed by atoms with E-state index in [-0.39, 0.29) is 63.0 Å². The molecule has 1 saturated carbocycles. The topological polar surface area (TPSA) is 123 Å². The normalized spacial score (nSPS) is 16.2. The Morgan fingerprint density at radius 3 is 2.36 bits per heavy atom. The van der Waals surface area contributed by atoms with Crippen molar-refractivity contribution in [1.29, 1.82) is 0 Å². The van der Waals surface area contributed by atoms with Gasteiger partial charge in [0.25, 0.3) is 5.56 Å². The SMILES string of the molecule is CCCc1nc(C)n(-c2ccc(O[C@H]3CCCC[C@@H]3O)cc2)c(=O)c1Cc1ccc(-c2ccccc2-c2noc(=O)[nH]2)cc1.[K]. The van der Waals surface area contributed by atoms with Gasteiger partial charge in [-0.25, -0.2) is 9.78 Å². The number of hydrogen-bond donors (Lipinski definition) is 2. The largest absolute Gasteiger partial charge is 0.488 e. The first-order valence-electron chi connectivity index (χ1n) is 15.2. The van der Waals surface area contributed by atoms with E-state index in [1.807, 2.05) is 79.7 Å². The van der Waals surface area contributed by atoms with E-state index >= 15 is 0 Å². The van der Waals surface area contributed by atoms with E-state index < -0.39 is 11.9 Å². The van der Waals surface area contributed by atoms with Crippen molar-refractivity contribution >= 4 is 51.4 Å². The molecule has 227 valence electrons. The molecule has 1 aliphatic carbocycles. The average molecular weight is 632 g/mol. The van der Waals surface area contributed by atoms with Crippen molar-refractivity contribution in [2.45, 2.75) is 71.0 Å². The van der Waals surface area contributed by atoms with Gasteiger partial charge < -0.3 is 9.84 Å². The van der Waals surface area contributed by atoms with E-state index in [1.165, 1.54) is 0 Å². The van der Waals surface area contributed by atoms with Crippen LogP contribution in [0.25, 0.3) is 28.2 Å². The van der Waals surface area contributed by atoms with Gasteiger partial charge in [0.15, 0.2) is 5.82 Å². The molecular weight excluding hydrogens is 596 g/mol. The van der Waals surface area contributed by atoms with Crippen molar-refractivity contribution in [3.8, 4) is 34.0 Å². The van der Waals surface area contributed by atoms with Gasteiger partial charge in [-0.15, -0.1) is 0 Å². The maximum atomic E-state index is 14.0. The molecule has 1 aliphatic rings. The Bertz CT molecular complexity index is 1860. The zero-order valence-corrected chi connectivity index (χ0v) is 29.1. The van der Waals surface area contributed by atoms with Crippen LogP contribution in [0.3, 0.4) is 0 Å². The molecule has 6 rings (SSSR count). The third kappa shape index (κ3) is 7.48. The number of aliphatic hydroxyl groups excluding tert-OH is 1. The fourth-order valence-electron chi connectivity index (χ4n) is 6.00. The minimum atomic E-state index is -0.603. The first kappa shape index (κ1) is 33.2. The number of ether oxygens (including phenoxy) is 1. The Morgan fingerprint density at radius 1 is 0.978 bits per heavy atom. The van der Waals surface area contributed by atoms with Crippen LogP contribution in [0.1, 0.15) is 61.7 Å². The van der Waals surface area contributed by atoms with Crippen LogP contribution >= 0.6 is 0 Å². The maximum absolute atomic E-state index is 14.0. The smallest absolute Gasteiger partial charge is 0.439 e. The molecule has 9 nitrogen and oxygen atoms in total. The molecule has 5 aromatic rings. The van der Waals surface area contributed by atoms with Gasteiger partial charge in [0.2, 0.25) is 0 Å². The van der Waals surface area contributed by atoms with Crippen molar-refractivity contribution in [3.63, 3.8) is 0 Å². The first-order valence-corrected chi connectivity index (χ1v) is 15.2. The van der Waals surface area contributed by atoms with Crippen molar-refractivity contribution in [3.05, 3.63) is 116 Å². The molecule has 2 heterocycles. The second-order valence-electron chi connectivity index (χ2n) is 11.3. The summed E-state index contributed by atoms with van der Waals surface area (Å²) >= 11 is 0. The Kier molecular flexibility index (Phi) is 11.1. The minimum absolute atomic E-state index is 0. The molecule has 2 aromatic heterocycles. The van der Waals surface area contributed by atoms with Gasteiger partial charge in [-0.05, 0) is 73.6 Å². The van der Waals surface area contributed by atoms with Crippen LogP contribution in [-0.4, -0.2) is 88.4 Å². The molecule has 0 spiro atoms. The summed E-state index contributed by atoms with van der Waals surface area (Å²) < 4.78 is 12.4. The summed E-state index contributed by atoms with van der Waals surface area (Å²) in [7, 11) is 0. The standard InChI is InChI=1S/C35H36N4O5.K/c1-3-8-30-29(21-23-13-15-24(16-14-23)27-9-4-5-10-28(27)33-37-35(42)44-38-33)34(41)39(22(2)36-30)25-17-19-26(20-18-25)43-32-12-7-6-11-31(32)40;/h4-5,9-10,13-20,31-32,40H,3,6-8,11-12,21H2,1-2H3,(H,37,38,42);/t31-,32-;/m0./s1. The van der Waals surface area contributed by atoms with Crippen LogP contribution in [0.15, 0.2) is 86.9 Å². The maximum Gasteiger partial charge on any atom is 0.439 e. The number of benzene rings is 3. The molecule has 0 bridgehead atoms. The van der Waals surface area contributed by atoms with Crippen LogP contribution in [0.5, 0.6) is 5.75 Å². The summed E-state index contributed by atoms with van der Waals surface area (Å²) in [5, 5.41) is 14.1. The van der Waals surface area contributed by atoms with Crippen LogP contribution in [0.2, 0.25) is 0 Å². The number of aromatic amines is 1. The second kappa shape index (κ2) is 15.0. The second-order valence-corrected chi connectivity index (χ2v) is 11.3. The minimum Gasteiger partial charge on any atom is -0.488 e. The Morgan fingerprint density at radius 2 is 1.69 bits per heavy atom. The molecule has 0 aliphatic heterocycles. The van der Waals surface area contributed by atoms with Crippen molar-refractivity contribution < 1.29 is 14.4 Å². The summed E-state index contributed by atoms with van der Waals surface area (Å²) in [6.45, 7) is 3.95. The number of aromatic nitrogens is 4. The monoisotopic (exact) mass is 631 g/mol. The number of H-pyrrole nitrogens is 1. The van der Waals surface area contributed by atoms with E-state index in [2.05, 4.69) is 17.1 Å². The molecule has 3 aromatic carbocycles. The van der Waals surface area contributed by atoms with E-state index in [4.69, 9.17) is 14.2 Å². The van der Waals surface area contributed by atoms with Gasteiger partial charge in [-0.1, -0.05) is 73.5 Å². The summed E-state index contributed by atoms with van der Waals surface area (Å²) in [5.41, 5.74) is 5.74. The van der Waals surface area contributed by atoms with Gasteiger partial charge in [-0.2, -0.15) is 0 Å². The zero-order valence-electron chi connectivity index (χ0n) is 26.0. The van der Waals surface area contributed by atoms with Gasteiger partial charge in [0.05, 0.1) is 17.5 Å². The van der Waals surface area contributed by atoms with E-state index in [9.17, 15) is 14.7 Å². The van der Waals surface area contributed by atoms with Crippen LogP contribution < -0.4 is 16.1 Å². The summed E-state index contributed by atoms with van der Waals surface area (Å²) in [6.07, 6.45) is 5.05. The van der Waals surface area contributed by atoms with Crippen molar-refractivity contribution in [2.24, 2.45) is 0 Å². The van der Waals surface area contributed by atoms with Gasteiger partial charge in [-0.3, -0.25) is 18.9 Å². The van der Waals surface area contributed by atoms with E-state index in [0.29, 0.717) is 35.8 Å². The summed E-state index contributed by atoms with van der Waals surface area (Å²) in [4.78, 5) is 33.1.